The molecule has 13 heteroatoms. The smallest absolute Gasteiger partial charge is 0.282 e. The van der Waals surface area contributed by atoms with Crippen molar-refractivity contribution in [2.24, 2.45) is 5.90 Å². The first-order valence-electron chi connectivity index (χ1n) is 7.70. The Bertz CT molecular complexity index is 1620. The highest BCUT2D eigenvalue weighted by atomic mass is 32.2. The van der Waals surface area contributed by atoms with Crippen molar-refractivity contribution in [1.82, 2.24) is 0 Å². The zero-order valence-corrected chi connectivity index (χ0v) is 16.5. The summed E-state index contributed by atoms with van der Waals surface area (Å²) >= 11 is 0. The van der Waals surface area contributed by atoms with Gasteiger partial charge < -0.3 is 0 Å². The van der Waals surface area contributed by atoms with Crippen LogP contribution in [-0.2, 0) is 34.6 Å². The first-order chi connectivity index (χ1) is 13.4. The average Bonchev–Trinajstić information content (AvgIpc) is 2.63. The fourth-order valence-electron chi connectivity index (χ4n) is 3.60. The van der Waals surface area contributed by atoms with E-state index in [-0.39, 0.29) is 16.2 Å². The predicted molar refractivity (Wildman–Crippen MR) is 102 cm³/mol. The second-order valence-corrected chi connectivity index (χ2v) is 10.4. The van der Waals surface area contributed by atoms with Gasteiger partial charge in [-0.1, -0.05) is 42.5 Å². The van der Waals surface area contributed by atoms with Crippen molar-refractivity contribution in [2.45, 2.75) is 14.7 Å². The fourth-order valence-corrected chi connectivity index (χ4v) is 7.25. The molecule has 4 aromatic carbocycles. The topological polar surface area (TPSA) is 178 Å². The fraction of sp³-hybridized carbons (Fsp3) is 0. The Morgan fingerprint density at radius 3 is 1.59 bits per heavy atom. The van der Waals surface area contributed by atoms with Gasteiger partial charge in [0.05, 0.1) is 0 Å². The zero-order chi connectivity index (χ0) is 21.4. The Hall–Kier alpha value is -2.39. The third-order valence-corrected chi connectivity index (χ3v) is 7.87. The Morgan fingerprint density at radius 2 is 1.14 bits per heavy atom. The average molecular weight is 457 g/mol. The van der Waals surface area contributed by atoms with Gasteiger partial charge in [-0.2, -0.15) is 35.4 Å². The summed E-state index contributed by atoms with van der Waals surface area (Å²) in [7, 11) is -15.9. The molecule has 4 aromatic rings. The van der Waals surface area contributed by atoms with Crippen LogP contribution in [0.4, 0.5) is 0 Å². The van der Waals surface area contributed by atoms with Gasteiger partial charge in [-0.15, -0.1) is 0 Å². The molecule has 0 fully saturated rings. The maximum Gasteiger partial charge on any atom is 0.314 e. The second kappa shape index (κ2) is 6.06. The number of hydrogen-bond donors (Lipinski definition) is 3. The molecule has 10 nitrogen and oxygen atoms in total. The van der Waals surface area contributed by atoms with Crippen LogP contribution in [0.3, 0.4) is 0 Å². The molecule has 0 unspecified atom stereocenters. The molecule has 4 N–H and O–H groups in total. The third-order valence-electron chi connectivity index (χ3n) is 4.57. The maximum atomic E-state index is 12.5. The van der Waals surface area contributed by atoms with Crippen molar-refractivity contribution in [3.05, 3.63) is 42.5 Å². The van der Waals surface area contributed by atoms with Crippen LogP contribution in [0.15, 0.2) is 57.2 Å². The lowest BCUT2D eigenvalue weighted by Crippen LogP contribution is -2.19. The van der Waals surface area contributed by atoms with E-state index in [1.807, 2.05) is 0 Å². The molecule has 0 saturated carbocycles. The quantitative estimate of drug-likeness (QED) is 0.232. The van der Waals surface area contributed by atoms with Crippen LogP contribution in [0, 0.1) is 0 Å². The van der Waals surface area contributed by atoms with E-state index in [4.69, 9.17) is 5.90 Å². The molecule has 0 radical (unpaired) electrons. The monoisotopic (exact) mass is 457 g/mol. The van der Waals surface area contributed by atoms with Crippen LogP contribution in [0.2, 0.25) is 0 Å². The van der Waals surface area contributed by atoms with Gasteiger partial charge in [0.15, 0.2) is 0 Å². The molecule has 0 aliphatic rings. The van der Waals surface area contributed by atoms with E-state index in [1.54, 1.807) is 18.2 Å². The molecular weight excluding hydrogens is 446 g/mol. The van der Waals surface area contributed by atoms with Crippen molar-refractivity contribution in [3.63, 3.8) is 0 Å². The highest BCUT2D eigenvalue weighted by molar-refractivity contribution is 7.91. The minimum atomic E-state index is -5.48. The van der Waals surface area contributed by atoms with E-state index >= 15 is 0 Å². The molecule has 0 bridgehead atoms. The lowest BCUT2D eigenvalue weighted by Gasteiger charge is -2.18. The molecule has 152 valence electrons. The summed E-state index contributed by atoms with van der Waals surface area (Å²) in [5.74, 6) is 4.80. The van der Waals surface area contributed by atoms with Crippen molar-refractivity contribution in [1.29, 1.82) is 0 Å². The summed E-state index contributed by atoms with van der Waals surface area (Å²) in [5, 5.41) is 1.10. The molecule has 0 aromatic heterocycles. The van der Waals surface area contributed by atoms with Crippen LogP contribution in [0.1, 0.15) is 0 Å². The summed E-state index contributed by atoms with van der Waals surface area (Å²) in [5.41, 5.74) is 0. The van der Waals surface area contributed by atoms with E-state index in [1.165, 1.54) is 24.3 Å². The van der Waals surface area contributed by atoms with Gasteiger partial charge in [-0.25, -0.2) is 0 Å². The first-order valence-corrected chi connectivity index (χ1v) is 12.0. The standard InChI is InChI=1S/C16H11NO9S3/c17-26-29(24,25)15-11-7-5-9-3-1-2-8-4-6-10(13(11)12(8)9)14(27(18,19)20)16(15)28(21,22)23/h1-7H,17H2,(H,18,19,20)(H,21,22,23). The van der Waals surface area contributed by atoms with Crippen molar-refractivity contribution in [3.8, 4) is 0 Å². The minimum absolute atomic E-state index is 0.0382. The molecular formula is C16H11NO9S3. The van der Waals surface area contributed by atoms with Gasteiger partial charge in [0.25, 0.3) is 20.2 Å². The maximum absolute atomic E-state index is 12.5. The van der Waals surface area contributed by atoms with Crippen LogP contribution in [0.25, 0.3) is 32.3 Å². The van der Waals surface area contributed by atoms with Gasteiger partial charge >= 0.3 is 10.1 Å². The van der Waals surface area contributed by atoms with Crippen molar-refractivity contribution in [2.75, 3.05) is 0 Å². The Labute approximate surface area is 164 Å². The number of hydrogen-bond acceptors (Lipinski definition) is 8. The third kappa shape index (κ3) is 2.86. The van der Waals surface area contributed by atoms with Gasteiger partial charge in [-0.3, -0.25) is 9.11 Å². The summed E-state index contributed by atoms with van der Waals surface area (Å²) in [6.07, 6.45) is 0. The Morgan fingerprint density at radius 1 is 0.655 bits per heavy atom. The highest BCUT2D eigenvalue weighted by Crippen LogP contribution is 2.44. The van der Waals surface area contributed by atoms with Gasteiger partial charge in [-0.05, 0) is 16.2 Å². The van der Waals surface area contributed by atoms with E-state index in [2.05, 4.69) is 4.28 Å². The van der Waals surface area contributed by atoms with E-state index in [0.29, 0.717) is 16.2 Å². The van der Waals surface area contributed by atoms with E-state index < -0.39 is 45.0 Å². The van der Waals surface area contributed by atoms with Crippen molar-refractivity contribution >= 4 is 62.7 Å². The molecule has 0 saturated heterocycles. The van der Waals surface area contributed by atoms with Crippen molar-refractivity contribution < 1.29 is 38.6 Å². The molecule has 0 spiro atoms. The number of rotatable bonds is 4. The van der Waals surface area contributed by atoms with Crippen LogP contribution >= 0.6 is 0 Å². The van der Waals surface area contributed by atoms with E-state index in [0.717, 1.165) is 0 Å². The number of nitrogens with two attached hydrogens (primary N) is 1. The zero-order valence-electron chi connectivity index (χ0n) is 14.1. The Kier molecular flexibility index (Phi) is 4.16. The molecule has 29 heavy (non-hydrogen) atoms. The minimum Gasteiger partial charge on any atom is -0.282 e. The molecule has 0 aliphatic heterocycles. The first kappa shape index (κ1) is 19.9. The molecule has 4 rings (SSSR count). The lowest BCUT2D eigenvalue weighted by molar-refractivity contribution is 0.331. The number of benzene rings is 4. The van der Waals surface area contributed by atoms with E-state index in [9.17, 15) is 34.4 Å². The summed E-state index contributed by atoms with van der Waals surface area (Å²) in [6.45, 7) is 0. The molecule has 0 amide bonds. The normalized spacial score (nSPS) is 13.6. The van der Waals surface area contributed by atoms with Crippen LogP contribution in [0.5, 0.6) is 0 Å². The molecule has 0 aliphatic carbocycles. The molecule has 0 heterocycles. The second-order valence-electron chi connectivity index (χ2n) is 6.17. The largest absolute Gasteiger partial charge is 0.314 e. The SMILES string of the molecule is NOS(=O)(=O)c1c(S(=O)(=O)O)c(S(=O)(=O)O)c2ccc3cccc4ccc1c2c34. The van der Waals surface area contributed by atoms with Gasteiger partial charge in [0.1, 0.15) is 14.7 Å². The highest BCUT2D eigenvalue weighted by Gasteiger charge is 2.38. The van der Waals surface area contributed by atoms with Crippen LogP contribution in [-0.4, -0.2) is 34.4 Å². The van der Waals surface area contributed by atoms with Gasteiger partial charge in [0.2, 0.25) is 0 Å². The van der Waals surface area contributed by atoms with Gasteiger partial charge in [0, 0.05) is 16.2 Å². The summed E-state index contributed by atoms with van der Waals surface area (Å²) < 4.78 is 96.8. The molecule has 0 atom stereocenters. The Balaban J connectivity index is 2.55. The predicted octanol–water partition coefficient (Wildman–Crippen LogP) is 1.66. The lowest BCUT2D eigenvalue weighted by atomic mass is 9.94. The van der Waals surface area contributed by atoms with Crippen LogP contribution < -0.4 is 5.90 Å². The summed E-state index contributed by atoms with van der Waals surface area (Å²) in [6, 6.07) is 10.5. The summed E-state index contributed by atoms with van der Waals surface area (Å²) in [4.78, 5) is -4.03.